The van der Waals surface area contributed by atoms with Crippen molar-refractivity contribution >= 4 is 17.5 Å². The Kier molecular flexibility index (Phi) is 5.93. The van der Waals surface area contributed by atoms with Crippen LogP contribution in [-0.4, -0.2) is 62.0 Å². The number of nitrogens with zero attached hydrogens (tertiary/aromatic N) is 3. The van der Waals surface area contributed by atoms with Crippen molar-refractivity contribution < 1.29 is 14.3 Å². The molecule has 6 nitrogen and oxygen atoms in total. The second kappa shape index (κ2) is 8.78. The van der Waals surface area contributed by atoms with Gasteiger partial charge in [-0.2, -0.15) is 0 Å². The summed E-state index contributed by atoms with van der Waals surface area (Å²) < 4.78 is 5.26. The Morgan fingerprint density at radius 2 is 1.63 bits per heavy atom. The van der Waals surface area contributed by atoms with Crippen molar-refractivity contribution in [2.75, 3.05) is 45.2 Å². The quantitative estimate of drug-likeness (QED) is 0.782. The molecule has 0 saturated carbocycles. The molecule has 0 N–H and O–H groups in total. The Bertz CT molecular complexity index is 876. The number of hydrogen-bond donors (Lipinski definition) is 0. The molecular weight excluding hydrogens is 378 g/mol. The molecule has 0 unspecified atom stereocenters. The minimum absolute atomic E-state index is 0.0914. The largest absolute Gasteiger partial charge is 0.497 e. The summed E-state index contributed by atoms with van der Waals surface area (Å²) in [5, 5.41) is 0. The zero-order valence-electron chi connectivity index (χ0n) is 17.7. The molecule has 2 heterocycles. The minimum atomic E-state index is -0.239. The maximum atomic E-state index is 13.5. The second-order valence-corrected chi connectivity index (χ2v) is 8.02. The number of hydrogen-bond acceptors (Lipinski definition) is 4. The Morgan fingerprint density at radius 3 is 2.27 bits per heavy atom. The summed E-state index contributed by atoms with van der Waals surface area (Å²) >= 11 is 0. The fourth-order valence-corrected chi connectivity index (χ4v) is 4.61. The highest BCUT2D eigenvalue weighted by Gasteiger charge is 2.41. The number of anilines is 1. The van der Waals surface area contributed by atoms with E-state index in [2.05, 4.69) is 17.0 Å². The van der Waals surface area contributed by atoms with E-state index in [1.807, 2.05) is 54.4 Å². The van der Waals surface area contributed by atoms with E-state index in [0.29, 0.717) is 25.9 Å². The van der Waals surface area contributed by atoms with Gasteiger partial charge in [0.05, 0.1) is 19.1 Å². The van der Waals surface area contributed by atoms with Crippen LogP contribution in [0.1, 0.15) is 24.4 Å². The van der Waals surface area contributed by atoms with E-state index >= 15 is 0 Å². The molecule has 6 heteroatoms. The molecule has 2 atom stereocenters. The summed E-state index contributed by atoms with van der Waals surface area (Å²) in [5.41, 5.74) is 2.18. The second-order valence-electron chi connectivity index (χ2n) is 8.02. The smallest absolute Gasteiger partial charge is 0.228 e. The number of ether oxygens (including phenoxy) is 1. The van der Waals surface area contributed by atoms with E-state index in [1.54, 1.807) is 12.0 Å². The lowest BCUT2D eigenvalue weighted by Gasteiger charge is -2.43. The van der Waals surface area contributed by atoms with Crippen molar-refractivity contribution in [3.63, 3.8) is 0 Å². The monoisotopic (exact) mass is 407 g/mol. The summed E-state index contributed by atoms with van der Waals surface area (Å²) in [4.78, 5) is 32.0. The van der Waals surface area contributed by atoms with Gasteiger partial charge in [-0.1, -0.05) is 30.3 Å². The molecular formula is C24H29N3O3. The van der Waals surface area contributed by atoms with E-state index in [1.165, 1.54) is 5.69 Å². The summed E-state index contributed by atoms with van der Waals surface area (Å²) in [6.45, 7) is 3.06. The van der Waals surface area contributed by atoms with Crippen molar-refractivity contribution in [3.05, 3.63) is 60.2 Å². The van der Waals surface area contributed by atoms with E-state index in [-0.39, 0.29) is 23.8 Å². The first kappa shape index (κ1) is 20.3. The van der Waals surface area contributed by atoms with Gasteiger partial charge in [-0.3, -0.25) is 9.59 Å². The average molecular weight is 408 g/mol. The molecule has 2 saturated heterocycles. The van der Waals surface area contributed by atoms with Crippen LogP contribution in [0, 0.1) is 5.92 Å². The highest BCUT2D eigenvalue weighted by Crippen LogP contribution is 2.37. The predicted octanol–water partition coefficient (Wildman–Crippen LogP) is 2.95. The molecule has 0 bridgehead atoms. The Labute approximate surface area is 178 Å². The molecule has 2 aromatic rings. The van der Waals surface area contributed by atoms with Crippen molar-refractivity contribution in [2.24, 2.45) is 5.92 Å². The zero-order chi connectivity index (χ0) is 21.1. The average Bonchev–Trinajstić information content (AvgIpc) is 2.81. The van der Waals surface area contributed by atoms with E-state index < -0.39 is 0 Å². The highest BCUT2D eigenvalue weighted by molar-refractivity contribution is 5.85. The highest BCUT2D eigenvalue weighted by atomic mass is 16.5. The molecule has 158 valence electrons. The van der Waals surface area contributed by atoms with Crippen LogP contribution in [0.25, 0.3) is 0 Å². The number of carbonyl (C=O) groups excluding carboxylic acids is 2. The van der Waals surface area contributed by atoms with Gasteiger partial charge in [-0.25, -0.2) is 0 Å². The number of amides is 2. The molecule has 30 heavy (non-hydrogen) atoms. The standard InChI is InChI=1S/C24H29N3O3/c1-25-22(28)13-12-21(23(25)18-8-10-20(30-2)11-9-18)24(29)27-16-14-26(15-17-27)19-6-4-3-5-7-19/h3-11,21,23H,12-17H2,1-2H3/t21-,23-/m1/s1. The van der Waals surface area contributed by atoms with Crippen LogP contribution in [-0.2, 0) is 9.59 Å². The molecule has 2 fully saturated rings. The number of likely N-dealkylation sites (tertiary alicyclic amines) is 1. The molecule has 0 radical (unpaired) electrons. The molecule has 0 aliphatic carbocycles. The van der Waals surface area contributed by atoms with E-state index in [9.17, 15) is 9.59 Å². The summed E-state index contributed by atoms with van der Waals surface area (Å²) in [6.07, 6.45) is 1.02. The van der Waals surface area contributed by atoms with Crippen molar-refractivity contribution in [1.29, 1.82) is 0 Å². The van der Waals surface area contributed by atoms with Gasteiger partial charge < -0.3 is 19.4 Å². The van der Waals surface area contributed by atoms with Crippen molar-refractivity contribution in [3.8, 4) is 5.75 Å². The van der Waals surface area contributed by atoms with Gasteiger partial charge in [0.25, 0.3) is 0 Å². The van der Waals surface area contributed by atoms with Crippen LogP contribution in [0.4, 0.5) is 5.69 Å². The number of methoxy groups -OCH3 is 1. The van der Waals surface area contributed by atoms with Crippen LogP contribution in [0.2, 0.25) is 0 Å². The Morgan fingerprint density at radius 1 is 0.967 bits per heavy atom. The number of rotatable bonds is 4. The fraction of sp³-hybridized carbons (Fsp3) is 0.417. The lowest BCUT2D eigenvalue weighted by Crippen LogP contribution is -2.53. The first-order chi connectivity index (χ1) is 14.6. The molecule has 0 aromatic heterocycles. The SMILES string of the molecule is COc1ccc([C@@H]2[C@H](C(=O)N3CCN(c4ccccc4)CC3)CCC(=O)N2C)cc1. The van der Waals surface area contributed by atoms with Crippen LogP contribution < -0.4 is 9.64 Å². The fourth-order valence-electron chi connectivity index (χ4n) is 4.61. The molecule has 0 spiro atoms. The Hall–Kier alpha value is -3.02. The van der Waals surface area contributed by atoms with Gasteiger partial charge >= 0.3 is 0 Å². The predicted molar refractivity (Wildman–Crippen MR) is 116 cm³/mol. The summed E-state index contributed by atoms with van der Waals surface area (Å²) in [5.74, 6) is 0.796. The molecule has 2 amide bonds. The molecule has 2 aromatic carbocycles. The topological polar surface area (TPSA) is 53.1 Å². The lowest BCUT2D eigenvalue weighted by atomic mass is 9.83. The first-order valence-electron chi connectivity index (χ1n) is 10.6. The summed E-state index contributed by atoms with van der Waals surface area (Å²) in [7, 11) is 3.44. The van der Waals surface area contributed by atoms with E-state index in [4.69, 9.17) is 4.74 Å². The zero-order valence-corrected chi connectivity index (χ0v) is 17.7. The normalized spacial score (nSPS) is 22.2. The van der Waals surface area contributed by atoms with Gasteiger partial charge in [0.15, 0.2) is 0 Å². The maximum Gasteiger partial charge on any atom is 0.228 e. The van der Waals surface area contributed by atoms with Gasteiger partial charge in [0.2, 0.25) is 11.8 Å². The molecule has 4 rings (SSSR count). The number of benzene rings is 2. The lowest BCUT2D eigenvalue weighted by molar-refractivity contribution is -0.146. The van der Waals surface area contributed by atoms with Crippen LogP contribution in [0.5, 0.6) is 5.75 Å². The third-order valence-electron chi connectivity index (χ3n) is 6.35. The third-order valence-corrected chi connectivity index (χ3v) is 6.35. The van der Waals surface area contributed by atoms with E-state index in [0.717, 1.165) is 24.4 Å². The van der Waals surface area contributed by atoms with Gasteiger partial charge in [0, 0.05) is 45.3 Å². The van der Waals surface area contributed by atoms with Gasteiger partial charge in [-0.15, -0.1) is 0 Å². The van der Waals surface area contributed by atoms with Gasteiger partial charge in [0.1, 0.15) is 5.75 Å². The molecule has 2 aliphatic heterocycles. The number of para-hydroxylation sites is 1. The van der Waals surface area contributed by atoms with Crippen LogP contribution >= 0.6 is 0 Å². The third kappa shape index (κ3) is 3.99. The van der Waals surface area contributed by atoms with Crippen LogP contribution in [0.15, 0.2) is 54.6 Å². The number of piperazine rings is 1. The summed E-state index contributed by atoms with van der Waals surface area (Å²) in [6, 6.07) is 17.8. The molecule has 2 aliphatic rings. The van der Waals surface area contributed by atoms with Crippen molar-refractivity contribution in [2.45, 2.75) is 18.9 Å². The number of piperidine rings is 1. The van der Waals surface area contributed by atoms with Crippen LogP contribution in [0.3, 0.4) is 0 Å². The van der Waals surface area contributed by atoms with Gasteiger partial charge in [-0.05, 0) is 36.2 Å². The minimum Gasteiger partial charge on any atom is -0.497 e. The Balaban J connectivity index is 1.49. The first-order valence-corrected chi connectivity index (χ1v) is 10.6. The number of carbonyl (C=O) groups is 2. The van der Waals surface area contributed by atoms with Crippen molar-refractivity contribution in [1.82, 2.24) is 9.80 Å². The maximum absolute atomic E-state index is 13.5.